The Morgan fingerprint density at radius 1 is 1.16 bits per heavy atom. The lowest BCUT2D eigenvalue weighted by molar-refractivity contribution is -0.114. The highest BCUT2D eigenvalue weighted by atomic mass is 35.5. The molecule has 0 aliphatic carbocycles. The summed E-state index contributed by atoms with van der Waals surface area (Å²) in [6.07, 6.45) is 1.62. The predicted octanol–water partition coefficient (Wildman–Crippen LogP) is 2.26. The van der Waals surface area contributed by atoms with Crippen molar-refractivity contribution in [2.75, 3.05) is 5.32 Å². The highest BCUT2D eigenvalue weighted by Gasteiger charge is 2.09. The topological polar surface area (TPSA) is 64.0 Å². The monoisotopic (exact) mass is 279 g/mol. The van der Waals surface area contributed by atoms with Crippen LogP contribution in [0.1, 0.15) is 23.0 Å². The summed E-state index contributed by atoms with van der Waals surface area (Å²) in [4.78, 5) is 22.9. The lowest BCUT2D eigenvalue weighted by atomic mass is 10.2. The fraction of sp³-hybridized carbons (Fsp3) is 0.154. The molecule has 0 saturated carbocycles. The minimum atomic E-state index is -0.197. The minimum absolute atomic E-state index is 0. The van der Waals surface area contributed by atoms with Gasteiger partial charge in [0, 0.05) is 24.4 Å². The maximum absolute atomic E-state index is 12.0. The molecule has 2 aromatic rings. The first kappa shape index (κ1) is 14.9. The lowest BCUT2D eigenvalue weighted by Crippen LogP contribution is -2.13. The SMILES string of the molecule is CC(=O)Nc1ccc(C(=O)n2ccc(C)n2)cc1.Cl. The van der Waals surface area contributed by atoms with E-state index >= 15 is 0 Å². The van der Waals surface area contributed by atoms with Crippen LogP contribution < -0.4 is 5.32 Å². The molecule has 0 saturated heterocycles. The second kappa shape index (κ2) is 6.15. The number of hydrogen-bond acceptors (Lipinski definition) is 3. The van der Waals surface area contributed by atoms with Crippen LogP contribution in [0.3, 0.4) is 0 Å². The quantitative estimate of drug-likeness (QED) is 0.917. The van der Waals surface area contributed by atoms with Gasteiger partial charge in [-0.25, -0.2) is 4.68 Å². The zero-order valence-electron chi connectivity index (χ0n) is 10.6. The summed E-state index contributed by atoms with van der Waals surface area (Å²) in [5.74, 6) is -0.339. The van der Waals surface area contributed by atoms with Gasteiger partial charge in [-0.05, 0) is 37.3 Å². The number of nitrogens with zero attached hydrogens (tertiary/aromatic N) is 2. The van der Waals surface area contributed by atoms with Gasteiger partial charge in [-0.2, -0.15) is 5.10 Å². The van der Waals surface area contributed by atoms with E-state index in [1.807, 2.05) is 6.92 Å². The van der Waals surface area contributed by atoms with Crippen molar-refractivity contribution < 1.29 is 9.59 Å². The fourth-order valence-electron chi connectivity index (χ4n) is 1.56. The Kier molecular flexibility index (Phi) is 4.83. The van der Waals surface area contributed by atoms with E-state index < -0.39 is 0 Å². The summed E-state index contributed by atoms with van der Waals surface area (Å²) in [6.45, 7) is 3.26. The second-order valence-corrected chi connectivity index (χ2v) is 3.97. The van der Waals surface area contributed by atoms with Gasteiger partial charge in [0.05, 0.1) is 5.69 Å². The number of carbonyl (C=O) groups excluding carboxylic acids is 2. The molecule has 100 valence electrons. The highest BCUT2D eigenvalue weighted by molar-refractivity contribution is 5.96. The Morgan fingerprint density at radius 3 is 2.26 bits per heavy atom. The molecule has 0 fully saturated rings. The summed E-state index contributed by atoms with van der Waals surface area (Å²) in [5, 5.41) is 6.70. The number of hydrogen-bond donors (Lipinski definition) is 1. The Labute approximate surface area is 117 Å². The molecule has 1 amide bonds. The number of halogens is 1. The van der Waals surface area contributed by atoms with Crippen LogP contribution in [0.5, 0.6) is 0 Å². The maximum Gasteiger partial charge on any atom is 0.278 e. The van der Waals surface area contributed by atoms with Crippen molar-refractivity contribution >= 4 is 29.9 Å². The van der Waals surface area contributed by atoms with E-state index in [-0.39, 0.29) is 24.2 Å². The third kappa shape index (κ3) is 3.66. The molecule has 6 heteroatoms. The molecule has 5 nitrogen and oxygen atoms in total. The summed E-state index contributed by atoms with van der Waals surface area (Å²) < 4.78 is 1.29. The van der Waals surface area contributed by atoms with Gasteiger partial charge in [-0.3, -0.25) is 9.59 Å². The van der Waals surface area contributed by atoms with Gasteiger partial charge in [0.25, 0.3) is 5.91 Å². The number of anilines is 1. The molecule has 0 aliphatic rings. The Hall–Kier alpha value is -2.14. The van der Waals surface area contributed by atoms with E-state index in [0.717, 1.165) is 5.69 Å². The molecule has 0 radical (unpaired) electrons. The number of carbonyl (C=O) groups is 2. The Bertz CT molecular complexity index is 590. The van der Waals surface area contributed by atoms with E-state index in [9.17, 15) is 9.59 Å². The van der Waals surface area contributed by atoms with Crippen LogP contribution in [-0.4, -0.2) is 21.6 Å². The molecule has 0 unspecified atom stereocenters. The lowest BCUT2D eigenvalue weighted by Gasteiger charge is -2.04. The van der Waals surface area contributed by atoms with Crippen LogP contribution >= 0.6 is 12.4 Å². The van der Waals surface area contributed by atoms with Gasteiger partial charge in [0.1, 0.15) is 0 Å². The minimum Gasteiger partial charge on any atom is -0.326 e. The van der Waals surface area contributed by atoms with Crippen LogP contribution in [0.25, 0.3) is 0 Å². The van der Waals surface area contributed by atoms with Crippen LogP contribution in [0.2, 0.25) is 0 Å². The number of aromatic nitrogens is 2. The van der Waals surface area contributed by atoms with E-state index in [2.05, 4.69) is 10.4 Å². The van der Waals surface area contributed by atoms with Gasteiger partial charge in [-0.15, -0.1) is 12.4 Å². The van der Waals surface area contributed by atoms with Crippen molar-refractivity contribution in [2.45, 2.75) is 13.8 Å². The molecule has 19 heavy (non-hydrogen) atoms. The van der Waals surface area contributed by atoms with Gasteiger partial charge in [-0.1, -0.05) is 0 Å². The van der Waals surface area contributed by atoms with Gasteiger partial charge in [0.2, 0.25) is 5.91 Å². The molecule has 1 N–H and O–H groups in total. The van der Waals surface area contributed by atoms with Crippen LogP contribution in [0, 0.1) is 6.92 Å². The van der Waals surface area contributed by atoms with E-state index in [1.165, 1.54) is 11.6 Å². The molecule has 0 bridgehead atoms. The van der Waals surface area contributed by atoms with E-state index in [0.29, 0.717) is 11.3 Å². The number of amides is 1. The first-order chi connectivity index (χ1) is 8.56. The molecule has 1 aromatic carbocycles. The largest absolute Gasteiger partial charge is 0.326 e. The fourth-order valence-corrected chi connectivity index (χ4v) is 1.56. The number of rotatable bonds is 2. The summed E-state index contributed by atoms with van der Waals surface area (Å²) in [7, 11) is 0. The average molecular weight is 280 g/mol. The summed E-state index contributed by atoms with van der Waals surface area (Å²) in [6, 6.07) is 8.45. The zero-order chi connectivity index (χ0) is 13.1. The van der Waals surface area contributed by atoms with Crippen LogP contribution in [0.4, 0.5) is 5.69 Å². The maximum atomic E-state index is 12.0. The molecule has 2 rings (SSSR count). The zero-order valence-corrected chi connectivity index (χ0v) is 11.4. The summed E-state index contributed by atoms with van der Waals surface area (Å²) >= 11 is 0. The summed E-state index contributed by atoms with van der Waals surface area (Å²) in [5.41, 5.74) is 1.97. The first-order valence-corrected chi connectivity index (χ1v) is 5.51. The van der Waals surface area contributed by atoms with E-state index in [1.54, 1.807) is 36.5 Å². The van der Waals surface area contributed by atoms with Crippen molar-refractivity contribution in [1.29, 1.82) is 0 Å². The molecule has 0 atom stereocenters. The van der Waals surface area contributed by atoms with Crippen molar-refractivity contribution in [1.82, 2.24) is 9.78 Å². The molecule has 0 aliphatic heterocycles. The Morgan fingerprint density at radius 2 is 1.79 bits per heavy atom. The third-order valence-electron chi connectivity index (χ3n) is 2.38. The van der Waals surface area contributed by atoms with E-state index in [4.69, 9.17) is 0 Å². The van der Waals surface area contributed by atoms with Gasteiger partial charge >= 0.3 is 0 Å². The van der Waals surface area contributed by atoms with Crippen molar-refractivity contribution in [2.24, 2.45) is 0 Å². The normalized spacial score (nSPS) is 9.58. The number of benzene rings is 1. The molecule has 1 aromatic heterocycles. The molecular formula is C13H14ClN3O2. The molecular weight excluding hydrogens is 266 g/mol. The molecule has 0 spiro atoms. The average Bonchev–Trinajstić information content (AvgIpc) is 2.75. The van der Waals surface area contributed by atoms with Gasteiger partial charge < -0.3 is 5.32 Å². The highest BCUT2D eigenvalue weighted by Crippen LogP contribution is 2.10. The van der Waals surface area contributed by atoms with Crippen molar-refractivity contribution in [3.63, 3.8) is 0 Å². The first-order valence-electron chi connectivity index (χ1n) is 5.51. The molecule has 1 heterocycles. The third-order valence-corrected chi connectivity index (χ3v) is 2.38. The number of nitrogens with one attached hydrogen (secondary N) is 1. The standard InChI is InChI=1S/C13H13N3O2.ClH/c1-9-7-8-16(15-9)13(18)11-3-5-12(6-4-11)14-10(2)17;/h3-8H,1-2H3,(H,14,17);1H. The second-order valence-electron chi connectivity index (χ2n) is 3.97. The number of aryl methyl sites for hydroxylation is 1. The van der Waals surface area contributed by atoms with Crippen LogP contribution in [-0.2, 0) is 4.79 Å². The predicted molar refractivity (Wildman–Crippen MR) is 74.7 cm³/mol. The van der Waals surface area contributed by atoms with Gasteiger partial charge in [0.15, 0.2) is 0 Å². The smallest absolute Gasteiger partial charge is 0.278 e. The Balaban J connectivity index is 0.00000180. The van der Waals surface area contributed by atoms with Crippen molar-refractivity contribution in [3.05, 3.63) is 47.8 Å². The van der Waals surface area contributed by atoms with Crippen molar-refractivity contribution in [3.8, 4) is 0 Å². The van der Waals surface area contributed by atoms with Crippen LogP contribution in [0.15, 0.2) is 36.5 Å².